The van der Waals surface area contributed by atoms with Gasteiger partial charge in [-0.05, 0) is 47.2 Å². The van der Waals surface area contributed by atoms with Crippen molar-refractivity contribution in [3.63, 3.8) is 0 Å². The van der Waals surface area contributed by atoms with E-state index in [1.54, 1.807) is 11.8 Å². The molecule has 0 unspecified atom stereocenters. The maximum atomic E-state index is 12.1. The van der Waals surface area contributed by atoms with Crippen LogP contribution >= 0.6 is 11.8 Å². The fourth-order valence-electron chi connectivity index (χ4n) is 2.28. The fourth-order valence-corrected chi connectivity index (χ4v) is 3.00. The highest BCUT2D eigenvalue weighted by Gasteiger charge is 2.11. The van der Waals surface area contributed by atoms with E-state index in [2.05, 4.69) is 20.8 Å². The van der Waals surface area contributed by atoms with E-state index >= 15 is 0 Å². The number of carbonyl (C=O) groups excluding carboxylic acids is 1. The standard InChI is InChI=1S/C18H19N5O2S/c1-13-6-8-15(9-7-13)23-18(20-21-22-23)26-12-17(24)19-11-14-4-3-5-16(10-14)25-2/h3-10H,11-12H2,1-2H3,(H,19,24). The molecule has 7 nitrogen and oxygen atoms in total. The molecule has 0 atom stereocenters. The summed E-state index contributed by atoms with van der Waals surface area (Å²) in [5.74, 6) is 0.913. The minimum Gasteiger partial charge on any atom is -0.497 e. The largest absolute Gasteiger partial charge is 0.497 e. The van der Waals surface area contributed by atoms with Crippen LogP contribution in [0.15, 0.2) is 53.7 Å². The van der Waals surface area contributed by atoms with Crippen molar-refractivity contribution in [2.45, 2.75) is 18.6 Å². The van der Waals surface area contributed by atoms with Crippen molar-refractivity contribution in [2.24, 2.45) is 0 Å². The minimum atomic E-state index is -0.0868. The summed E-state index contributed by atoms with van der Waals surface area (Å²) >= 11 is 1.29. The van der Waals surface area contributed by atoms with Crippen LogP contribution in [0.2, 0.25) is 0 Å². The number of ether oxygens (including phenoxy) is 1. The third-order valence-electron chi connectivity index (χ3n) is 3.68. The number of amides is 1. The molecule has 3 aromatic rings. The average molecular weight is 369 g/mol. The second-order valence-electron chi connectivity index (χ2n) is 5.63. The molecule has 3 rings (SSSR count). The predicted octanol–water partition coefficient (Wildman–Crippen LogP) is 2.39. The van der Waals surface area contributed by atoms with Crippen LogP contribution in [0.25, 0.3) is 5.69 Å². The first kappa shape index (κ1) is 17.9. The number of aryl methyl sites for hydroxylation is 1. The number of tetrazole rings is 1. The highest BCUT2D eigenvalue weighted by molar-refractivity contribution is 7.99. The summed E-state index contributed by atoms with van der Waals surface area (Å²) in [4.78, 5) is 12.1. The molecule has 0 aliphatic carbocycles. The van der Waals surface area contributed by atoms with Gasteiger partial charge in [0.25, 0.3) is 0 Å². The smallest absolute Gasteiger partial charge is 0.230 e. The van der Waals surface area contributed by atoms with Gasteiger partial charge in [-0.15, -0.1) is 5.10 Å². The molecule has 0 spiro atoms. The zero-order chi connectivity index (χ0) is 18.4. The molecule has 8 heteroatoms. The third kappa shape index (κ3) is 4.60. The van der Waals surface area contributed by atoms with Gasteiger partial charge in [-0.2, -0.15) is 4.68 Å². The van der Waals surface area contributed by atoms with Crippen molar-refractivity contribution in [2.75, 3.05) is 12.9 Å². The number of hydrogen-bond acceptors (Lipinski definition) is 6. The van der Waals surface area contributed by atoms with E-state index < -0.39 is 0 Å². The molecule has 0 radical (unpaired) electrons. The van der Waals surface area contributed by atoms with Gasteiger partial charge in [0.2, 0.25) is 11.1 Å². The first-order chi connectivity index (χ1) is 12.7. The number of rotatable bonds is 7. The number of methoxy groups -OCH3 is 1. The van der Waals surface area contributed by atoms with Crippen molar-refractivity contribution in [1.29, 1.82) is 0 Å². The van der Waals surface area contributed by atoms with Crippen molar-refractivity contribution in [3.05, 3.63) is 59.7 Å². The van der Waals surface area contributed by atoms with Gasteiger partial charge in [-0.1, -0.05) is 41.6 Å². The Balaban J connectivity index is 1.55. The molecule has 0 saturated carbocycles. The Kier molecular flexibility index (Phi) is 5.85. The number of benzene rings is 2. The normalized spacial score (nSPS) is 10.5. The molecule has 1 heterocycles. The maximum absolute atomic E-state index is 12.1. The maximum Gasteiger partial charge on any atom is 0.230 e. The zero-order valence-corrected chi connectivity index (χ0v) is 15.4. The lowest BCUT2D eigenvalue weighted by atomic mass is 10.2. The predicted molar refractivity (Wildman–Crippen MR) is 99.5 cm³/mol. The number of thioether (sulfide) groups is 1. The number of nitrogens with one attached hydrogen (secondary N) is 1. The van der Waals surface area contributed by atoms with Gasteiger partial charge in [0.15, 0.2) is 0 Å². The van der Waals surface area contributed by atoms with E-state index in [1.165, 1.54) is 11.8 Å². The molecule has 1 aromatic heterocycles. The van der Waals surface area contributed by atoms with E-state index in [9.17, 15) is 4.79 Å². The lowest BCUT2D eigenvalue weighted by Crippen LogP contribution is -2.24. The van der Waals surface area contributed by atoms with Crippen LogP contribution < -0.4 is 10.1 Å². The Bertz CT molecular complexity index is 879. The highest BCUT2D eigenvalue weighted by Crippen LogP contribution is 2.18. The molecule has 1 amide bonds. The molecule has 0 aliphatic heterocycles. The number of aromatic nitrogens is 4. The highest BCUT2D eigenvalue weighted by atomic mass is 32.2. The van der Waals surface area contributed by atoms with Gasteiger partial charge in [0.05, 0.1) is 18.6 Å². The van der Waals surface area contributed by atoms with Crippen LogP contribution in [0.4, 0.5) is 0 Å². The average Bonchev–Trinajstić information content (AvgIpc) is 3.14. The summed E-state index contributed by atoms with van der Waals surface area (Å²) in [7, 11) is 1.62. The van der Waals surface area contributed by atoms with Gasteiger partial charge in [-0.25, -0.2) is 0 Å². The second-order valence-corrected chi connectivity index (χ2v) is 6.57. The monoisotopic (exact) mass is 369 g/mol. The van der Waals surface area contributed by atoms with Gasteiger partial charge in [-0.3, -0.25) is 4.79 Å². The van der Waals surface area contributed by atoms with Crippen LogP contribution in [0.3, 0.4) is 0 Å². The summed E-state index contributed by atoms with van der Waals surface area (Å²) < 4.78 is 6.80. The SMILES string of the molecule is COc1cccc(CNC(=O)CSc2nnnn2-c2ccc(C)cc2)c1. The third-order valence-corrected chi connectivity index (χ3v) is 4.59. The van der Waals surface area contributed by atoms with Crippen LogP contribution in [0.5, 0.6) is 5.75 Å². The Labute approximate surface area is 155 Å². The summed E-state index contributed by atoms with van der Waals surface area (Å²) in [5, 5.41) is 15.2. The summed E-state index contributed by atoms with van der Waals surface area (Å²) in [6.45, 7) is 2.46. The van der Waals surface area contributed by atoms with E-state index in [4.69, 9.17) is 4.74 Å². The zero-order valence-electron chi connectivity index (χ0n) is 14.5. The summed E-state index contributed by atoms with van der Waals surface area (Å²) in [6.07, 6.45) is 0. The molecule has 0 fully saturated rings. The van der Waals surface area contributed by atoms with Crippen molar-refractivity contribution in [1.82, 2.24) is 25.5 Å². The van der Waals surface area contributed by atoms with Gasteiger partial charge < -0.3 is 10.1 Å². The molecule has 0 aliphatic rings. The molecule has 26 heavy (non-hydrogen) atoms. The van der Waals surface area contributed by atoms with E-state index in [1.807, 2.05) is 55.5 Å². The molecule has 2 aromatic carbocycles. The van der Waals surface area contributed by atoms with Crippen LogP contribution in [-0.2, 0) is 11.3 Å². The van der Waals surface area contributed by atoms with Gasteiger partial charge >= 0.3 is 0 Å². The molecule has 1 N–H and O–H groups in total. The Morgan fingerprint density at radius 1 is 1.23 bits per heavy atom. The Morgan fingerprint density at radius 2 is 2.04 bits per heavy atom. The first-order valence-corrected chi connectivity index (χ1v) is 9.02. The van der Waals surface area contributed by atoms with Crippen LogP contribution in [0, 0.1) is 6.92 Å². The molecule has 0 bridgehead atoms. The topological polar surface area (TPSA) is 81.9 Å². The summed E-state index contributed by atoms with van der Waals surface area (Å²) in [6, 6.07) is 15.5. The van der Waals surface area contributed by atoms with Gasteiger partial charge in [0, 0.05) is 6.54 Å². The fraction of sp³-hybridized carbons (Fsp3) is 0.222. The van der Waals surface area contributed by atoms with Gasteiger partial charge in [0.1, 0.15) is 5.75 Å². The minimum absolute atomic E-state index is 0.0868. The number of nitrogens with zero attached hydrogens (tertiary/aromatic N) is 4. The lowest BCUT2D eigenvalue weighted by molar-refractivity contribution is -0.118. The Hall–Kier alpha value is -2.87. The molecular weight excluding hydrogens is 350 g/mol. The first-order valence-electron chi connectivity index (χ1n) is 8.03. The van der Waals surface area contributed by atoms with E-state index in [-0.39, 0.29) is 11.7 Å². The van der Waals surface area contributed by atoms with Crippen LogP contribution in [0.1, 0.15) is 11.1 Å². The van der Waals surface area contributed by atoms with Crippen molar-refractivity contribution in [3.8, 4) is 11.4 Å². The van der Waals surface area contributed by atoms with Crippen molar-refractivity contribution < 1.29 is 9.53 Å². The molecule has 134 valence electrons. The lowest BCUT2D eigenvalue weighted by Gasteiger charge is -2.07. The quantitative estimate of drug-likeness (QED) is 0.644. The summed E-state index contributed by atoms with van der Waals surface area (Å²) in [5.41, 5.74) is 3.00. The van der Waals surface area contributed by atoms with E-state index in [0.717, 1.165) is 22.6 Å². The van der Waals surface area contributed by atoms with E-state index in [0.29, 0.717) is 11.7 Å². The molecular formula is C18H19N5O2S. The van der Waals surface area contributed by atoms with Crippen LogP contribution in [-0.4, -0.2) is 39.0 Å². The number of carbonyl (C=O) groups is 1. The number of hydrogen-bond donors (Lipinski definition) is 1. The molecule has 0 saturated heterocycles. The second kappa shape index (κ2) is 8.48. The van der Waals surface area contributed by atoms with Crippen molar-refractivity contribution >= 4 is 17.7 Å². The Morgan fingerprint density at radius 3 is 2.81 bits per heavy atom.